The number of aromatic nitrogens is 2. The summed E-state index contributed by atoms with van der Waals surface area (Å²) in [5.74, 6) is -0.419. The van der Waals surface area contributed by atoms with Gasteiger partial charge in [0.15, 0.2) is 0 Å². The van der Waals surface area contributed by atoms with Crippen molar-refractivity contribution in [2.24, 2.45) is 0 Å². The minimum atomic E-state index is -0.209. The molecule has 6 nitrogen and oxygen atoms in total. The van der Waals surface area contributed by atoms with Crippen LogP contribution in [-0.4, -0.2) is 20.9 Å². The van der Waals surface area contributed by atoms with Gasteiger partial charge in [-0.25, -0.2) is 0 Å². The van der Waals surface area contributed by atoms with E-state index in [1.807, 2.05) is 17.5 Å². The molecule has 0 aliphatic carbocycles. The molecule has 5 aromatic rings. The lowest BCUT2D eigenvalue weighted by molar-refractivity contribution is -0.117. The summed E-state index contributed by atoms with van der Waals surface area (Å²) in [6.45, 7) is 11.3. The van der Waals surface area contributed by atoms with Crippen LogP contribution in [0.4, 0.5) is 0 Å². The molecule has 0 saturated heterocycles. The summed E-state index contributed by atoms with van der Waals surface area (Å²) < 4.78 is 5.28. The fraction of sp³-hybridized carbons (Fsp3) is 0.500. The summed E-state index contributed by atoms with van der Waals surface area (Å²) in [7, 11) is 0. The fourth-order valence-corrected chi connectivity index (χ4v) is 10.8. The number of hydrogen-bond acceptors (Lipinski definition) is 4. The van der Waals surface area contributed by atoms with Crippen molar-refractivity contribution < 1.29 is 9.59 Å². The maximum Gasteiger partial charge on any atom is 0.258 e. The van der Waals surface area contributed by atoms with Crippen LogP contribution in [0.1, 0.15) is 151 Å². The number of hydrogen-bond donors (Lipinski definition) is 2. The van der Waals surface area contributed by atoms with Crippen molar-refractivity contribution in [2.45, 2.75) is 156 Å². The standard InChI is InChI=1S/C48H62N4O2S2/c1-5-9-13-17-22-33-35-27-30-51(28-19-15-11-7-3)45(35)34(23-18-14-10-6-2)36-32-37(52(46(33)36)29-20-16-12-8-4)38-25-26-40(56-38)44-42-41(47(53)50-44)43(49-48(42)54)39-24-21-31-55-39/h21,24-27,30-32H,5-20,22-23,28-29H2,1-4H3,(H,49,54)(H,50,53). The Morgan fingerprint density at radius 3 is 1.75 bits per heavy atom. The normalized spacial score (nSPS) is 14.3. The van der Waals surface area contributed by atoms with E-state index in [9.17, 15) is 9.59 Å². The van der Waals surface area contributed by atoms with E-state index in [2.05, 4.69) is 77.9 Å². The van der Waals surface area contributed by atoms with E-state index < -0.39 is 0 Å². The zero-order valence-corrected chi connectivity index (χ0v) is 35.9. The summed E-state index contributed by atoms with van der Waals surface area (Å²) in [5.41, 5.74) is 9.44. The molecular formula is C48H62N4O2S2. The summed E-state index contributed by atoms with van der Waals surface area (Å²) in [6, 6.07) is 13.2. The summed E-state index contributed by atoms with van der Waals surface area (Å²) in [6.07, 6.45) is 24.4. The van der Waals surface area contributed by atoms with E-state index in [4.69, 9.17) is 0 Å². The number of fused-ring (bicyclic) bond motifs is 3. The Kier molecular flexibility index (Phi) is 13.7. The predicted molar refractivity (Wildman–Crippen MR) is 239 cm³/mol. The quantitative estimate of drug-likeness (QED) is 0.0647. The van der Waals surface area contributed by atoms with Gasteiger partial charge in [0.2, 0.25) is 0 Å². The fourth-order valence-electron chi connectivity index (χ4n) is 8.98. The molecule has 2 aliphatic rings. The van der Waals surface area contributed by atoms with Gasteiger partial charge >= 0.3 is 0 Å². The van der Waals surface area contributed by atoms with E-state index in [1.54, 1.807) is 11.3 Å². The highest BCUT2D eigenvalue weighted by molar-refractivity contribution is 7.16. The first-order valence-electron chi connectivity index (χ1n) is 21.9. The minimum absolute atomic E-state index is 0.209. The molecule has 298 valence electrons. The van der Waals surface area contributed by atoms with Crippen LogP contribution in [0.2, 0.25) is 0 Å². The van der Waals surface area contributed by atoms with E-state index in [0.717, 1.165) is 42.1 Å². The van der Waals surface area contributed by atoms with Crippen LogP contribution in [0.3, 0.4) is 0 Å². The molecular weight excluding hydrogens is 729 g/mol. The molecule has 56 heavy (non-hydrogen) atoms. The first kappa shape index (κ1) is 40.3. The van der Waals surface area contributed by atoms with Crippen molar-refractivity contribution in [2.75, 3.05) is 0 Å². The highest BCUT2D eigenvalue weighted by atomic mass is 32.1. The van der Waals surface area contributed by atoms with Crippen LogP contribution in [0, 0.1) is 0 Å². The first-order valence-corrected chi connectivity index (χ1v) is 23.6. The van der Waals surface area contributed by atoms with Crippen LogP contribution in [0.5, 0.6) is 0 Å². The molecule has 8 heteroatoms. The van der Waals surface area contributed by atoms with Gasteiger partial charge < -0.3 is 19.8 Å². The van der Waals surface area contributed by atoms with Gasteiger partial charge in [-0.05, 0) is 85.4 Å². The van der Waals surface area contributed by atoms with Crippen molar-refractivity contribution in [1.29, 1.82) is 0 Å². The third-order valence-electron chi connectivity index (χ3n) is 11.9. The lowest BCUT2D eigenvalue weighted by atomic mass is 9.93. The predicted octanol–water partition coefficient (Wildman–Crippen LogP) is 13.2. The molecule has 7 rings (SSSR count). The highest BCUT2D eigenvalue weighted by Crippen LogP contribution is 2.45. The van der Waals surface area contributed by atoms with Crippen LogP contribution >= 0.6 is 22.7 Å². The van der Waals surface area contributed by atoms with Crippen LogP contribution in [0.25, 0.3) is 43.8 Å². The molecule has 0 spiro atoms. The summed E-state index contributed by atoms with van der Waals surface area (Å²) in [5, 5.41) is 11.0. The molecule has 4 aromatic heterocycles. The van der Waals surface area contributed by atoms with Gasteiger partial charge in [-0.2, -0.15) is 0 Å². The molecule has 0 atom stereocenters. The van der Waals surface area contributed by atoms with Crippen molar-refractivity contribution in [3.63, 3.8) is 0 Å². The lowest BCUT2D eigenvalue weighted by Gasteiger charge is -2.18. The number of unbranched alkanes of at least 4 members (excludes halogenated alkanes) is 12. The average Bonchev–Trinajstić information content (AvgIpc) is 4.06. The van der Waals surface area contributed by atoms with E-state index in [1.165, 1.54) is 151 Å². The van der Waals surface area contributed by atoms with Crippen molar-refractivity contribution in [3.05, 3.63) is 80.0 Å². The summed E-state index contributed by atoms with van der Waals surface area (Å²) in [4.78, 5) is 29.9. The Labute approximate surface area is 342 Å². The Balaban J connectivity index is 1.39. The number of amides is 2. The average molecular weight is 791 g/mol. The Hall–Kier alpha value is -3.88. The second-order valence-corrected chi connectivity index (χ2v) is 18.0. The van der Waals surface area contributed by atoms with Crippen LogP contribution in [-0.2, 0) is 35.5 Å². The largest absolute Gasteiger partial charge is 0.347 e. The molecule has 2 N–H and O–H groups in total. The van der Waals surface area contributed by atoms with E-state index >= 15 is 0 Å². The second-order valence-electron chi connectivity index (χ2n) is 16.0. The lowest BCUT2D eigenvalue weighted by Crippen LogP contribution is -2.20. The number of benzene rings is 1. The number of nitrogens with zero attached hydrogens (tertiary/aromatic N) is 2. The van der Waals surface area contributed by atoms with E-state index in [0.29, 0.717) is 22.5 Å². The van der Waals surface area contributed by atoms with Crippen LogP contribution in [0.15, 0.2) is 59.1 Å². The number of rotatable bonds is 23. The van der Waals surface area contributed by atoms with Gasteiger partial charge in [0.1, 0.15) is 0 Å². The minimum Gasteiger partial charge on any atom is -0.347 e. The number of carbonyl (C=O) groups excluding carboxylic acids is 2. The Morgan fingerprint density at radius 1 is 0.571 bits per heavy atom. The molecule has 1 aromatic carbocycles. The number of thiophene rings is 2. The SMILES string of the molecule is CCCCCCc1c2cc(-c3ccc(C4=C5C(=O)NC(c6cccs6)=C5C(=O)N4)s3)n(CCCCCC)c2c(CCCCCC)c2ccn(CCCCCC)c12. The molecule has 0 bridgehead atoms. The summed E-state index contributed by atoms with van der Waals surface area (Å²) >= 11 is 3.23. The molecule has 6 heterocycles. The number of nitrogens with one attached hydrogen (secondary N) is 2. The van der Waals surface area contributed by atoms with Gasteiger partial charge in [0, 0.05) is 30.1 Å². The van der Waals surface area contributed by atoms with Gasteiger partial charge in [0.05, 0.1) is 53.9 Å². The zero-order chi connectivity index (χ0) is 39.0. The van der Waals surface area contributed by atoms with Gasteiger partial charge in [-0.3, -0.25) is 9.59 Å². The topological polar surface area (TPSA) is 68.1 Å². The molecule has 2 aliphatic heterocycles. The third-order valence-corrected chi connectivity index (χ3v) is 13.9. The maximum absolute atomic E-state index is 13.5. The maximum atomic E-state index is 13.5. The van der Waals surface area contributed by atoms with Crippen LogP contribution < -0.4 is 10.6 Å². The van der Waals surface area contributed by atoms with Crippen molar-refractivity contribution >= 4 is 67.7 Å². The molecule has 2 amide bonds. The second kappa shape index (κ2) is 19.0. The Morgan fingerprint density at radius 2 is 1.14 bits per heavy atom. The monoisotopic (exact) mass is 790 g/mol. The Bertz CT molecular complexity index is 2200. The van der Waals surface area contributed by atoms with Crippen molar-refractivity contribution in [3.8, 4) is 10.6 Å². The molecule has 0 radical (unpaired) electrons. The van der Waals surface area contributed by atoms with Gasteiger partial charge in [-0.1, -0.05) is 111 Å². The molecule has 0 unspecified atom stereocenters. The van der Waals surface area contributed by atoms with Crippen molar-refractivity contribution in [1.82, 2.24) is 19.8 Å². The first-order chi connectivity index (χ1) is 27.5. The molecule has 0 saturated carbocycles. The zero-order valence-electron chi connectivity index (χ0n) is 34.3. The third kappa shape index (κ3) is 8.24. The van der Waals surface area contributed by atoms with E-state index in [-0.39, 0.29) is 11.8 Å². The number of aryl methyl sites for hydroxylation is 4. The number of carbonyl (C=O) groups is 2. The highest BCUT2D eigenvalue weighted by Gasteiger charge is 2.41. The smallest absolute Gasteiger partial charge is 0.258 e. The van der Waals surface area contributed by atoms with Gasteiger partial charge in [0.25, 0.3) is 11.8 Å². The van der Waals surface area contributed by atoms with Gasteiger partial charge in [-0.15, -0.1) is 22.7 Å². The molecule has 0 fully saturated rings.